The molecule has 0 bridgehead atoms. The van der Waals surface area contributed by atoms with Crippen LogP contribution in [0.15, 0.2) is 54.0 Å². The van der Waals surface area contributed by atoms with Crippen molar-refractivity contribution in [2.45, 2.75) is 20.8 Å². The molecule has 1 aliphatic rings. The summed E-state index contributed by atoms with van der Waals surface area (Å²) < 4.78 is 0. The number of hydrogen-bond donors (Lipinski definition) is 2. The summed E-state index contributed by atoms with van der Waals surface area (Å²) in [4.78, 5) is 0. The van der Waals surface area contributed by atoms with Crippen molar-refractivity contribution in [3.8, 4) is 0 Å². The summed E-state index contributed by atoms with van der Waals surface area (Å²) >= 11 is 0. The fourth-order valence-corrected chi connectivity index (χ4v) is 1.89. The molecule has 2 heteroatoms. The highest BCUT2D eigenvalue weighted by molar-refractivity contribution is 5.60. The molecule has 0 spiro atoms. The lowest BCUT2D eigenvalue weighted by atomic mass is 10.1. The summed E-state index contributed by atoms with van der Waals surface area (Å²) in [6.45, 7) is 6.33. The highest BCUT2D eigenvalue weighted by atomic mass is 14.9. The minimum absolute atomic E-state index is 1.11. The number of rotatable bonds is 2. The van der Waals surface area contributed by atoms with E-state index in [2.05, 4.69) is 55.7 Å². The van der Waals surface area contributed by atoms with Crippen LogP contribution in [0.5, 0.6) is 0 Å². The van der Waals surface area contributed by atoms with Crippen LogP contribution in [0.25, 0.3) is 0 Å². The van der Waals surface area contributed by atoms with Crippen LogP contribution in [0.1, 0.15) is 18.1 Å². The molecule has 0 atom stereocenters. The van der Waals surface area contributed by atoms with Gasteiger partial charge in [-0.25, -0.2) is 0 Å². The Morgan fingerprint density at radius 1 is 1.12 bits per heavy atom. The van der Waals surface area contributed by atoms with Crippen LogP contribution in [0.4, 0.5) is 5.69 Å². The molecule has 0 aliphatic carbocycles. The average molecular weight is 226 g/mol. The first-order valence-electron chi connectivity index (χ1n) is 5.82. The van der Waals surface area contributed by atoms with Crippen molar-refractivity contribution in [3.05, 3.63) is 65.1 Å². The summed E-state index contributed by atoms with van der Waals surface area (Å²) in [7, 11) is 0. The van der Waals surface area contributed by atoms with Gasteiger partial charge in [0.15, 0.2) is 0 Å². The van der Waals surface area contributed by atoms with Crippen molar-refractivity contribution in [3.63, 3.8) is 0 Å². The minimum atomic E-state index is 1.11. The number of allylic oxidation sites excluding steroid dienone is 4. The monoisotopic (exact) mass is 226 g/mol. The first-order chi connectivity index (χ1) is 8.18. The highest BCUT2D eigenvalue weighted by Crippen LogP contribution is 2.22. The molecule has 0 radical (unpaired) electrons. The average Bonchev–Trinajstić information content (AvgIpc) is 2.35. The molecule has 2 nitrogen and oxygen atoms in total. The second kappa shape index (κ2) is 4.91. The molecule has 0 fully saturated rings. The third kappa shape index (κ3) is 2.59. The summed E-state index contributed by atoms with van der Waals surface area (Å²) in [5.74, 6) is 0. The van der Waals surface area contributed by atoms with Gasteiger partial charge in [-0.3, -0.25) is 0 Å². The van der Waals surface area contributed by atoms with E-state index in [-0.39, 0.29) is 0 Å². The lowest BCUT2D eigenvalue weighted by Gasteiger charge is -2.16. The van der Waals surface area contributed by atoms with Gasteiger partial charge in [-0.2, -0.15) is 0 Å². The van der Waals surface area contributed by atoms with Crippen molar-refractivity contribution < 1.29 is 0 Å². The number of dihydropyridines is 1. The molecule has 0 unspecified atom stereocenters. The molecule has 0 amide bonds. The van der Waals surface area contributed by atoms with E-state index in [9.17, 15) is 0 Å². The van der Waals surface area contributed by atoms with Crippen molar-refractivity contribution in [2.75, 3.05) is 5.32 Å². The van der Waals surface area contributed by atoms with Crippen molar-refractivity contribution in [2.24, 2.45) is 0 Å². The standard InChI is InChI=1S/C15H18N2/c1-11-7-6-8-12(2)15(11)17-13(3)14-9-4-5-10-16-14/h4-10,16-17H,1-3H3. The third-order valence-corrected chi connectivity index (χ3v) is 2.91. The molecule has 2 N–H and O–H groups in total. The summed E-state index contributed by atoms with van der Waals surface area (Å²) in [6, 6.07) is 6.33. The Balaban J connectivity index is 2.27. The first kappa shape index (κ1) is 11.5. The van der Waals surface area contributed by atoms with Gasteiger partial charge in [0, 0.05) is 17.6 Å². The Bertz CT molecular complexity index is 487. The zero-order valence-corrected chi connectivity index (χ0v) is 10.5. The van der Waals surface area contributed by atoms with E-state index in [4.69, 9.17) is 0 Å². The molecule has 0 aromatic heterocycles. The Morgan fingerprint density at radius 2 is 1.82 bits per heavy atom. The molecule has 2 rings (SSSR count). The fourth-order valence-electron chi connectivity index (χ4n) is 1.89. The predicted molar refractivity (Wildman–Crippen MR) is 73.7 cm³/mol. The van der Waals surface area contributed by atoms with Crippen LogP contribution < -0.4 is 10.6 Å². The fraction of sp³-hybridized carbons (Fsp3) is 0.200. The Kier molecular flexibility index (Phi) is 3.33. The van der Waals surface area contributed by atoms with Gasteiger partial charge in [0.25, 0.3) is 0 Å². The van der Waals surface area contributed by atoms with Crippen LogP contribution >= 0.6 is 0 Å². The molecule has 1 heterocycles. The Hall–Kier alpha value is -1.96. The smallest absolute Gasteiger partial charge is 0.0573 e. The van der Waals surface area contributed by atoms with Gasteiger partial charge < -0.3 is 10.6 Å². The molecule has 0 saturated carbocycles. The number of nitrogens with one attached hydrogen (secondary N) is 2. The second-order valence-electron chi connectivity index (χ2n) is 4.29. The zero-order valence-electron chi connectivity index (χ0n) is 10.5. The van der Waals surface area contributed by atoms with Gasteiger partial charge in [0.05, 0.1) is 5.70 Å². The second-order valence-corrected chi connectivity index (χ2v) is 4.29. The number of anilines is 1. The van der Waals surface area contributed by atoms with Crippen molar-refractivity contribution >= 4 is 5.69 Å². The van der Waals surface area contributed by atoms with Crippen LogP contribution in [0.2, 0.25) is 0 Å². The van der Waals surface area contributed by atoms with Crippen molar-refractivity contribution in [1.29, 1.82) is 0 Å². The van der Waals surface area contributed by atoms with Gasteiger partial charge in [-0.05, 0) is 44.1 Å². The lowest BCUT2D eigenvalue weighted by molar-refractivity contribution is 1.05. The van der Waals surface area contributed by atoms with Gasteiger partial charge in [-0.15, -0.1) is 0 Å². The molecular weight excluding hydrogens is 208 g/mol. The van der Waals surface area contributed by atoms with E-state index in [1.54, 1.807) is 0 Å². The number of aryl methyl sites for hydroxylation is 2. The SMILES string of the molecule is CC(Nc1c(C)cccc1C)=C1C=CC=CN1. The van der Waals surface area contributed by atoms with E-state index >= 15 is 0 Å². The highest BCUT2D eigenvalue weighted by Gasteiger charge is 2.04. The quantitative estimate of drug-likeness (QED) is 0.804. The van der Waals surface area contributed by atoms with Gasteiger partial charge >= 0.3 is 0 Å². The maximum absolute atomic E-state index is 3.48. The van der Waals surface area contributed by atoms with Crippen molar-refractivity contribution in [1.82, 2.24) is 5.32 Å². The Labute approximate surface area is 103 Å². The summed E-state index contributed by atoms with van der Waals surface area (Å²) in [6.07, 6.45) is 8.01. The lowest BCUT2D eigenvalue weighted by Crippen LogP contribution is -2.12. The minimum Gasteiger partial charge on any atom is -0.360 e. The van der Waals surface area contributed by atoms with Gasteiger partial charge in [0.1, 0.15) is 0 Å². The van der Waals surface area contributed by atoms with E-state index in [0.29, 0.717) is 0 Å². The topological polar surface area (TPSA) is 24.1 Å². The molecular formula is C15H18N2. The normalized spacial score (nSPS) is 16.6. The van der Waals surface area contributed by atoms with E-state index in [1.165, 1.54) is 16.8 Å². The Morgan fingerprint density at radius 3 is 2.41 bits per heavy atom. The molecule has 88 valence electrons. The largest absolute Gasteiger partial charge is 0.360 e. The maximum atomic E-state index is 3.48. The zero-order chi connectivity index (χ0) is 12.3. The first-order valence-corrected chi connectivity index (χ1v) is 5.82. The number of hydrogen-bond acceptors (Lipinski definition) is 2. The number of para-hydroxylation sites is 1. The van der Waals surface area contributed by atoms with Crippen LogP contribution in [-0.2, 0) is 0 Å². The van der Waals surface area contributed by atoms with Crippen LogP contribution in [0.3, 0.4) is 0 Å². The summed E-state index contributed by atoms with van der Waals surface area (Å²) in [5, 5.41) is 6.71. The predicted octanol–water partition coefficient (Wildman–Crippen LogP) is 3.62. The van der Waals surface area contributed by atoms with Crippen LogP contribution in [0, 0.1) is 13.8 Å². The molecule has 17 heavy (non-hydrogen) atoms. The third-order valence-electron chi connectivity index (χ3n) is 2.91. The molecule has 1 aromatic rings. The van der Waals surface area contributed by atoms with Crippen LogP contribution in [-0.4, -0.2) is 0 Å². The molecule has 0 saturated heterocycles. The molecule has 1 aromatic carbocycles. The molecule has 1 aliphatic heterocycles. The van der Waals surface area contributed by atoms with E-state index in [0.717, 1.165) is 11.4 Å². The number of benzene rings is 1. The van der Waals surface area contributed by atoms with E-state index in [1.807, 2.05) is 18.4 Å². The maximum Gasteiger partial charge on any atom is 0.0573 e. The van der Waals surface area contributed by atoms with Gasteiger partial charge in [0.2, 0.25) is 0 Å². The summed E-state index contributed by atoms with van der Waals surface area (Å²) in [5.41, 5.74) is 5.96. The van der Waals surface area contributed by atoms with E-state index < -0.39 is 0 Å². The van der Waals surface area contributed by atoms with Gasteiger partial charge in [-0.1, -0.05) is 24.3 Å².